The Labute approximate surface area is 154 Å². The molecule has 0 N–H and O–H groups in total. The average molecular weight is 351 g/mol. The lowest BCUT2D eigenvalue weighted by atomic mass is 9.94. The van der Waals surface area contributed by atoms with Crippen molar-refractivity contribution in [3.63, 3.8) is 0 Å². The van der Waals surface area contributed by atoms with Crippen molar-refractivity contribution in [1.82, 2.24) is 4.90 Å². The van der Waals surface area contributed by atoms with Gasteiger partial charge in [-0.25, -0.2) is 9.69 Å². The van der Waals surface area contributed by atoms with Crippen LogP contribution in [-0.4, -0.2) is 28.5 Å². The molecular formula is C22H25NO3. The fourth-order valence-electron chi connectivity index (χ4n) is 3.35. The van der Waals surface area contributed by atoms with Gasteiger partial charge in [-0.3, -0.25) is 4.79 Å². The molecule has 26 heavy (non-hydrogen) atoms. The minimum absolute atomic E-state index is 0.151. The van der Waals surface area contributed by atoms with Crippen LogP contribution in [0.4, 0.5) is 4.79 Å². The number of benzene rings is 2. The molecule has 2 amide bonds. The molecule has 0 radical (unpaired) electrons. The molecule has 2 aromatic carbocycles. The van der Waals surface area contributed by atoms with E-state index >= 15 is 0 Å². The lowest BCUT2D eigenvalue weighted by Gasteiger charge is -2.27. The van der Waals surface area contributed by atoms with E-state index in [0.29, 0.717) is 19.3 Å². The van der Waals surface area contributed by atoms with E-state index < -0.39 is 11.7 Å². The van der Waals surface area contributed by atoms with Gasteiger partial charge in [-0.1, -0.05) is 54.6 Å². The monoisotopic (exact) mass is 351 g/mol. The van der Waals surface area contributed by atoms with Crippen molar-refractivity contribution in [2.45, 2.75) is 51.7 Å². The number of nitrogens with zero attached hydrogens (tertiary/aromatic N) is 1. The molecule has 1 unspecified atom stereocenters. The van der Waals surface area contributed by atoms with E-state index in [1.54, 1.807) is 0 Å². The number of rotatable bonds is 3. The van der Waals surface area contributed by atoms with E-state index in [-0.39, 0.29) is 11.9 Å². The molecule has 0 spiro atoms. The quantitative estimate of drug-likeness (QED) is 0.796. The van der Waals surface area contributed by atoms with Crippen molar-refractivity contribution in [3.05, 3.63) is 60.2 Å². The molecule has 1 fully saturated rings. The fourth-order valence-corrected chi connectivity index (χ4v) is 3.35. The van der Waals surface area contributed by atoms with E-state index in [4.69, 9.17) is 4.74 Å². The number of hydrogen-bond donors (Lipinski definition) is 0. The summed E-state index contributed by atoms with van der Waals surface area (Å²) in [5, 5.41) is 0. The summed E-state index contributed by atoms with van der Waals surface area (Å²) in [6, 6.07) is 18.2. The Morgan fingerprint density at radius 1 is 1.08 bits per heavy atom. The van der Waals surface area contributed by atoms with Gasteiger partial charge in [0.1, 0.15) is 5.60 Å². The Balaban J connectivity index is 1.84. The SMILES string of the molecule is CC(C)(C)OC(=O)N1C(=O)CCC1Cc1ccccc1-c1ccccc1. The van der Waals surface area contributed by atoms with E-state index in [9.17, 15) is 9.59 Å². The van der Waals surface area contributed by atoms with Crippen molar-refractivity contribution in [3.8, 4) is 11.1 Å². The van der Waals surface area contributed by atoms with E-state index in [2.05, 4.69) is 24.3 Å². The first-order valence-electron chi connectivity index (χ1n) is 9.03. The molecule has 4 heteroatoms. The predicted octanol–water partition coefficient (Wildman–Crippen LogP) is 4.82. The third kappa shape index (κ3) is 4.13. The number of amides is 2. The van der Waals surface area contributed by atoms with Crippen molar-refractivity contribution in [2.24, 2.45) is 0 Å². The number of likely N-dealkylation sites (tertiary alicyclic amines) is 1. The second-order valence-electron chi connectivity index (χ2n) is 7.66. The molecule has 0 aliphatic carbocycles. The predicted molar refractivity (Wildman–Crippen MR) is 102 cm³/mol. The molecule has 4 nitrogen and oxygen atoms in total. The Bertz CT molecular complexity index is 793. The van der Waals surface area contributed by atoms with Crippen molar-refractivity contribution in [1.29, 1.82) is 0 Å². The first-order valence-corrected chi connectivity index (χ1v) is 9.03. The summed E-state index contributed by atoms with van der Waals surface area (Å²) in [6.07, 6.45) is 1.15. The third-order valence-corrected chi connectivity index (χ3v) is 4.47. The molecule has 3 rings (SSSR count). The molecule has 2 aromatic rings. The van der Waals surface area contributed by atoms with Crippen molar-refractivity contribution >= 4 is 12.0 Å². The largest absolute Gasteiger partial charge is 0.443 e. The van der Waals surface area contributed by atoms with Crippen LogP contribution in [0, 0.1) is 0 Å². The molecular weight excluding hydrogens is 326 g/mol. The molecule has 1 saturated heterocycles. The lowest BCUT2D eigenvalue weighted by molar-refractivity contribution is -0.128. The van der Waals surface area contributed by atoms with Crippen LogP contribution in [0.5, 0.6) is 0 Å². The maximum Gasteiger partial charge on any atom is 0.417 e. The maximum atomic E-state index is 12.5. The van der Waals surface area contributed by atoms with Gasteiger partial charge in [0.15, 0.2) is 0 Å². The van der Waals surface area contributed by atoms with Gasteiger partial charge in [0.2, 0.25) is 5.91 Å². The topological polar surface area (TPSA) is 46.6 Å². The summed E-state index contributed by atoms with van der Waals surface area (Å²) in [5.41, 5.74) is 2.78. The Morgan fingerprint density at radius 3 is 2.42 bits per heavy atom. The lowest BCUT2D eigenvalue weighted by Crippen LogP contribution is -2.43. The first-order chi connectivity index (χ1) is 12.3. The normalized spacial score (nSPS) is 17.4. The van der Waals surface area contributed by atoms with E-state index in [1.807, 2.05) is 51.1 Å². The van der Waals surface area contributed by atoms with Crippen LogP contribution in [0.15, 0.2) is 54.6 Å². The maximum absolute atomic E-state index is 12.5. The van der Waals surface area contributed by atoms with Gasteiger partial charge in [-0.15, -0.1) is 0 Å². The molecule has 0 bridgehead atoms. The van der Waals surface area contributed by atoms with E-state index in [0.717, 1.165) is 16.7 Å². The summed E-state index contributed by atoms with van der Waals surface area (Å²) < 4.78 is 5.44. The number of ether oxygens (including phenoxy) is 1. The Kier molecular flexibility index (Phi) is 5.12. The zero-order valence-electron chi connectivity index (χ0n) is 15.6. The summed E-state index contributed by atoms with van der Waals surface area (Å²) in [5.74, 6) is -0.151. The zero-order chi connectivity index (χ0) is 18.7. The van der Waals surface area contributed by atoms with Crippen LogP contribution in [0.1, 0.15) is 39.2 Å². The Morgan fingerprint density at radius 2 is 1.73 bits per heavy atom. The first kappa shape index (κ1) is 18.2. The summed E-state index contributed by atoms with van der Waals surface area (Å²) in [6.45, 7) is 5.43. The molecule has 1 atom stereocenters. The summed E-state index contributed by atoms with van der Waals surface area (Å²) in [7, 11) is 0. The molecule has 0 saturated carbocycles. The Hall–Kier alpha value is -2.62. The average Bonchev–Trinajstić information content (AvgIpc) is 2.95. The van der Waals surface area contributed by atoms with Crippen LogP contribution in [0.25, 0.3) is 11.1 Å². The second-order valence-corrected chi connectivity index (χ2v) is 7.66. The highest BCUT2D eigenvalue weighted by Crippen LogP contribution is 2.29. The van der Waals surface area contributed by atoms with Gasteiger partial charge in [0, 0.05) is 12.5 Å². The van der Waals surface area contributed by atoms with Crippen LogP contribution in [0.3, 0.4) is 0 Å². The second kappa shape index (κ2) is 7.32. The minimum atomic E-state index is -0.619. The van der Waals surface area contributed by atoms with Gasteiger partial charge in [-0.05, 0) is 50.3 Å². The highest BCUT2D eigenvalue weighted by atomic mass is 16.6. The standard InChI is InChI=1S/C22H25NO3/c1-22(2,3)26-21(25)23-18(13-14-20(23)24)15-17-11-7-8-12-19(17)16-9-5-4-6-10-16/h4-12,18H,13-15H2,1-3H3. The highest BCUT2D eigenvalue weighted by Gasteiger charge is 2.38. The molecule has 1 heterocycles. The minimum Gasteiger partial charge on any atom is -0.443 e. The van der Waals surface area contributed by atoms with Crippen molar-refractivity contribution < 1.29 is 14.3 Å². The van der Waals surface area contributed by atoms with Gasteiger partial charge >= 0.3 is 6.09 Å². The van der Waals surface area contributed by atoms with Gasteiger partial charge in [0.25, 0.3) is 0 Å². The smallest absolute Gasteiger partial charge is 0.417 e. The molecule has 0 aromatic heterocycles. The molecule has 1 aliphatic rings. The van der Waals surface area contributed by atoms with Gasteiger partial charge < -0.3 is 4.74 Å². The van der Waals surface area contributed by atoms with Gasteiger partial charge in [-0.2, -0.15) is 0 Å². The zero-order valence-corrected chi connectivity index (χ0v) is 15.6. The van der Waals surface area contributed by atoms with Crippen LogP contribution in [0.2, 0.25) is 0 Å². The van der Waals surface area contributed by atoms with Gasteiger partial charge in [0.05, 0.1) is 0 Å². The molecule has 1 aliphatic heterocycles. The fraction of sp³-hybridized carbons (Fsp3) is 0.364. The number of hydrogen-bond acceptors (Lipinski definition) is 3. The highest BCUT2D eigenvalue weighted by molar-refractivity contribution is 5.94. The number of imide groups is 1. The summed E-state index contributed by atoms with van der Waals surface area (Å²) >= 11 is 0. The van der Waals surface area contributed by atoms with Crippen LogP contribution >= 0.6 is 0 Å². The van der Waals surface area contributed by atoms with Crippen LogP contribution in [-0.2, 0) is 16.0 Å². The molecule has 136 valence electrons. The van der Waals surface area contributed by atoms with E-state index in [1.165, 1.54) is 4.90 Å². The third-order valence-electron chi connectivity index (χ3n) is 4.47. The number of carbonyl (C=O) groups excluding carboxylic acids is 2. The van der Waals surface area contributed by atoms with Crippen molar-refractivity contribution in [2.75, 3.05) is 0 Å². The number of carbonyl (C=O) groups is 2. The summed E-state index contributed by atoms with van der Waals surface area (Å²) in [4.78, 5) is 26.1. The van der Waals surface area contributed by atoms with Crippen LogP contribution < -0.4 is 0 Å².